The third-order valence-electron chi connectivity index (χ3n) is 5.16. The van der Waals surface area contributed by atoms with Gasteiger partial charge in [-0.2, -0.15) is 0 Å². The molecule has 0 aliphatic carbocycles. The van der Waals surface area contributed by atoms with Crippen molar-refractivity contribution in [3.63, 3.8) is 0 Å². The fraction of sp³-hybridized carbons (Fsp3) is 0.308. The Morgan fingerprint density at radius 1 is 0.939 bits per heavy atom. The highest BCUT2D eigenvalue weighted by Crippen LogP contribution is 2.22. The highest BCUT2D eigenvalue weighted by atomic mass is 19.1. The summed E-state index contributed by atoms with van der Waals surface area (Å²) in [5.41, 5.74) is 2.97. The second-order valence-electron chi connectivity index (χ2n) is 7.69. The highest BCUT2D eigenvalue weighted by molar-refractivity contribution is 5.36. The van der Waals surface area contributed by atoms with Gasteiger partial charge < -0.3 is 30.1 Å². The van der Waals surface area contributed by atoms with E-state index in [4.69, 9.17) is 9.47 Å². The number of aliphatic hydroxyl groups excluding tert-OH is 2. The first kappa shape index (κ1) is 24.7. The maximum Gasteiger partial charge on any atom is 0.123 e. The normalized spacial score (nSPS) is 12.0. The maximum absolute atomic E-state index is 13.1. The number of rotatable bonds is 13. The van der Waals surface area contributed by atoms with Crippen LogP contribution in [0.4, 0.5) is 4.39 Å². The lowest BCUT2D eigenvalue weighted by Gasteiger charge is -2.14. The standard InChI is InChI=1S/C26H30FNO5/c27-23-3-1-2-20(14-23)18-32-12-13-33-24-7-4-19(5-8-24)10-11-28-16-26(31)21-6-9-25(30)22(15-21)17-29/h1-9,14-15,26,28-31H,10-13,16-18H2/t26-/m0/s1. The van der Waals surface area contributed by atoms with Crippen molar-refractivity contribution in [2.75, 3.05) is 26.3 Å². The molecule has 3 rings (SSSR count). The molecular weight excluding hydrogens is 425 g/mol. The smallest absolute Gasteiger partial charge is 0.123 e. The number of halogens is 1. The molecule has 4 N–H and O–H groups in total. The Labute approximate surface area is 193 Å². The number of ether oxygens (including phenoxy) is 2. The van der Waals surface area contributed by atoms with E-state index in [1.807, 2.05) is 30.3 Å². The Kier molecular flexibility index (Phi) is 9.65. The zero-order valence-electron chi connectivity index (χ0n) is 18.4. The Bertz CT molecular complexity index is 996. The SMILES string of the molecule is OCc1cc([C@@H](O)CNCCc2ccc(OCCOCc3cccc(F)c3)cc2)ccc1O. The minimum atomic E-state index is -0.727. The summed E-state index contributed by atoms with van der Waals surface area (Å²) >= 11 is 0. The molecule has 6 nitrogen and oxygen atoms in total. The van der Waals surface area contributed by atoms with Gasteiger partial charge in [0.15, 0.2) is 0 Å². The van der Waals surface area contributed by atoms with Gasteiger partial charge in [0.05, 0.1) is 25.9 Å². The maximum atomic E-state index is 13.1. The van der Waals surface area contributed by atoms with E-state index < -0.39 is 6.10 Å². The summed E-state index contributed by atoms with van der Waals surface area (Å²) in [6.45, 7) is 1.94. The first-order valence-corrected chi connectivity index (χ1v) is 10.9. The van der Waals surface area contributed by atoms with Gasteiger partial charge >= 0.3 is 0 Å². The summed E-state index contributed by atoms with van der Waals surface area (Å²) in [6, 6.07) is 18.9. The molecule has 0 radical (unpaired) electrons. The number of benzene rings is 3. The van der Waals surface area contributed by atoms with E-state index >= 15 is 0 Å². The molecule has 33 heavy (non-hydrogen) atoms. The molecule has 7 heteroatoms. The molecule has 0 aromatic heterocycles. The Morgan fingerprint density at radius 2 is 1.76 bits per heavy atom. The largest absolute Gasteiger partial charge is 0.508 e. The third kappa shape index (κ3) is 8.14. The van der Waals surface area contributed by atoms with Gasteiger partial charge in [-0.1, -0.05) is 30.3 Å². The first-order valence-electron chi connectivity index (χ1n) is 10.9. The van der Waals surface area contributed by atoms with Crippen LogP contribution in [0.3, 0.4) is 0 Å². The van der Waals surface area contributed by atoms with E-state index in [2.05, 4.69) is 5.32 Å². The van der Waals surface area contributed by atoms with Crippen LogP contribution in [0.25, 0.3) is 0 Å². The number of aliphatic hydroxyl groups is 2. The first-order chi connectivity index (χ1) is 16.0. The molecule has 0 spiro atoms. The van der Waals surface area contributed by atoms with Crippen molar-refractivity contribution in [2.45, 2.75) is 25.7 Å². The summed E-state index contributed by atoms with van der Waals surface area (Å²) in [5, 5.41) is 32.4. The lowest BCUT2D eigenvalue weighted by atomic mass is 10.1. The predicted molar refractivity (Wildman–Crippen MR) is 124 cm³/mol. The average molecular weight is 456 g/mol. The number of phenols is 1. The van der Waals surface area contributed by atoms with Gasteiger partial charge in [0.2, 0.25) is 0 Å². The van der Waals surface area contributed by atoms with Gasteiger partial charge in [-0.05, 0) is 66.1 Å². The molecule has 3 aromatic rings. The van der Waals surface area contributed by atoms with Crippen LogP contribution >= 0.6 is 0 Å². The van der Waals surface area contributed by atoms with Gasteiger partial charge in [-0.25, -0.2) is 4.39 Å². The lowest BCUT2D eigenvalue weighted by Crippen LogP contribution is -2.23. The van der Waals surface area contributed by atoms with E-state index in [1.165, 1.54) is 18.2 Å². The Balaban J connectivity index is 1.31. The highest BCUT2D eigenvalue weighted by Gasteiger charge is 2.10. The molecule has 0 aliphatic heterocycles. The summed E-state index contributed by atoms with van der Waals surface area (Å²) < 4.78 is 24.3. The molecule has 0 saturated heterocycles. The van der Waals surface area contributed by atoms with Crippen molar-refractivity contribution in [1.29, 1.82) is 0 Å². The third-order valence-corrected chi connectivity index (χ3v) is 5.16. The zero-order valence-corrected chi connectivity index (χ0v) is 18.4. The van der Waals surface area contributed by atoms with Crippen molar-refractivity contribution in [2.24, 2.45) is 0 Å². The number of nitrogens with one attached hydrogen (secondary N) is 1. The molecule has 0 heterocycles. The molecule has 0 bridgehead atoms. The second-order valence-corrected chi connectivity index (χ2v) is 7.69. The van der Waals surface area contributed by atoms with Gasteiger partial charge in [0.1, 0.15) is 23.9 Å². The van der Waals surface area contributed by atoms with Crippen molar-refractivity contribution in [3.8, 4) is 11.5 Å². The minimum absolute atomic E-state index is 0.0187. The van der Waals surface area contributed by atoms with Gasteiger partial charge in [-0.3, -0.25) is 0 Å². The Morgan fingerprint density at radius 3 is 2.52 bits per heavy atom. The summed E-state index contributed by atoms with van der Waals surface area (Å²) in [7, 11) is 0. The number of aromatic hydroxyl groups is 1. The van der Waals surface area contributed by atoms with Crippen molar-refractivity contribution in [1.82, 2.24) is 5.32 Å². The molecule has 3 aromatic carbocycles. The monoisotopic (exact) mass is 455 g/mol. The van der Waals surface area contributed by atoms with Gasteiger partial charge in [0, 0.05) is 12.1 Å². The molecule has 0 unspecified atom stereocenters. The fourth-order valence-electron chi connectivity index (χ4n) is 3.32. The van der Waals surface area contributed by atoms with Crippen LogP contribution in [0, 0.1) is 5.82 Å². The molecule has 0 amide bonds. The van der Waals surface area contributed by atoms with Crippen LogP contribution in [0.2, 0.25) is 0 Å². The molecule has 176 valence electrons. The van der Waals surface area contributed by atoms with E-state index in [-0.39, 0.29) is 18.2 Å². The van der Waals surface area contributed by atoms with Crippen molar-refractivity contribution in [3.05, 3.63) is 94.8 Å². The number of hydrogen-bond acceptors (Lipinski definition) is 6. The molecule has 1 atom stereocenters. The summed E-state index contributed by atoms with van der Waals surface area (Å²) in [4.78, 5) is 0. The summed E-state index contributed by atoms with van der Waals surface area (Å²) in [5.74, 6) is 0.501. The topological polar surface area (TPSA) is 91.2 Å². The van der Waals surface area contributed by atoms with Gasteiger partial charge in [-0.15, -0.1) is 0 Å². The summed E-state index contributed by atoms with van der Waals surface area (Å²) in [6.07, 6.45) is 0.0658. The van der Waals surface area contributed by atoms with E-state index in [0.717, 1.165) is 23.3 Å². The van der Waals surface area contributed by atoms with Gasteiger partial charge in [0.25, 0.3) is 0 Å². The fourth-order valence-corrected chi connectivity index (χ4v) is 3.32. The number of hydrogen-bond donors (Lipinski definition) is 4. The quantitative estimate of drug-likeness (QED) is 0.295. The van der Waals surface area contributed by atoms with E-state index in [1.54, 1.807) is 18.2 Å². The molecule has 0 fully saturated rings. The average Bonchev–Trinajstić information content (AvgIpc) is 2.82. The van der Waals surface area contributed by atoms with E-state index in [0.29, 0.717) is 44.0 Å². The Hall–Kier alpha value is -2.97. The molecular formula is C26H30FNO5. The predicted octanol–water partition coefficient (Wildman–Crippen LogP) is 3.48. The van der Waals surface area contributed by atoms with Crippen molar-refractivity contribution >= 4 is 0 Å². The molecule has 0 aliphatic rings. The molecule has 0 saturated carbocycles. The minimum Gasteiger partial charge on any atom is -0.508 e. The van der Waals surface area contributed by atoms with E-state index in [9.17, 15) is 19.7 Å². The van der Waals surface area contributed by atoms with Crippen LogP contribution in [0.1, 0.15) is 28.4 Å². The second kappa shape index (κ2) is 12.9. The lowest BCUT2D eigenvalue weighted by molar-refractivity contribution is 0.0888. The van der Waals surface area contributed by atoms with Crippen LogP contribution in [0.15, 0.2) is 66.7 Å². The van der Waals surface area contributed by atoms with Crippen LogP contribution in [0.5, 0.6) is 11.5 Å². The van der Waals surface area contributed by atoms with Crippen LogP contribution < -0.4 is 10.1 Å². The zero-order chi connectivity index (χ0) is 23.5. The van der Waals surface area contributed by atoms with Crippen LogP contribution in [-0.2, 0) is 24.4 Å². The van der Waals surface area contributed by atoms with Crippen LogP contribution in [-0.4, -0.2) is 41.6 Å². The van der Waals surface area contributed by atoms with Crippen molar-refractivity contribution < 1.29 is 29.2 Å².